The minimum Gasteiger partial charge on any atom is -0.459 e. The van der Waals surface area contributed by atoms with Crippen LogP contribution in [0.2, 0.25) is 0 Å². The zero-order valence-corrected chi connectivity index (χ0v) is 16.6. The van der Waals surface area contributed by atoms with E-state index in [-0.39, 0.29) is 17.0 Å². The fraction of sp³-hybridized carbons (Fsp3) is 0.857. The zero-order chi connectivity index (χ0) is 18.6. The van der Waals surface area contributed by atoms with E-state index in [2.05, 4.69) is 17.1 Å². The summed E-state index contributed by atoms with van der Waals surface area (Å²) in [6, 6.07) is 0. The first-order chi connectivity index (χ1) is 12.9. The first-order valence-electron chi connectivity index (χ1n) is 10.6. The number of rotatable bonds is 4. The Kier molecular flexibility index (Phi) is 4.12. The van der Waals surface area contributed by atoms with Crippen molar-refractivity contribution in [3.05, 3.63) is 11.7 Å². The molecule has 6 heteroatoms. The molecule has 1 aliphatic heterocycles. The van der Waals surface area contributed by atoms with E-state index in [1.165, 1.54) is 26.2 Å². The molecule has 6 nitrogen and oxygen atoms in total. The molecule has 2 unspecified atom stereocenters. The molecular weight excluding hydrogens is 342 g/mol. The Bertz CT molecular complexity index is 708. The van der Waals surface area contributed by atoms with E-state index in [0.29, 0.717) is 17.8 Å². The molecule has 5 fully saturated rings. The highest BCUT2D eigenvalue weighted by molar-refractivity contribution is 5.66. The predicted octanol–water partition coefficient (Wildman–Crippen LogP) is 3.11. The fourth-order valence-electron chi connectivity index (χ4n) is 6.93. The number of likely N-dealkylation sites (tertiary alicyclic amines) is 1. The quantitative estimate of drug-likeness (QED) is 0.756. The van der Waals surface area contributed by atoms with Gasteiger partial charge in [-0.1, -0.05) is 5.16 Å². The number of hydrogen-bond donors (Lipinski definition) is 0. The highest BCUT2D eigenvalue weighted by Crippen LogP contribution is 2.63. The van der Waals surface area contributed by atoms with Crippen LogP contribution >= 0.6 is 0 Å². The third-order valence-corrected chi connectivity index (χ3v) is 7.60. The molecule has 1 aromatic rings. The van der Waals surface area contributed by atoms with Crippen LogP contribution in [0.4, 0.5) is 0 Å². The molecule has 4 atom stereocenters. The maximum Gasteiger partial charge on any atom is 0.303 e. The van der Waals surface area contributed by atoms with Gasteiger partial charge in [-0.05, 0) is 82.8 Å². The van der Waals surface area contributed by atoms with Gasteiger partial charge in [0.25, 0.3) is 0 Å². The van der Waals surface area contributed by atoms with Gasteiger partial charge in [0.2, 0.25) is 5.89 Å². The second kappa shape index (κ2) is 6.29. The molecule has 0 amide bonds. The van der Waals surface area contributed by atoms with Gasteiger partial charge in [0.15, 0.2) is 5.82 Å². The summed E-state index contributed by atoms with van der Waals surface area (Å²) >= 11 is 0. The second-order valence-corrected chi connectivity index (χ2v) is 9.98. The molecular formula is C21H31N3O3. The molecule has 4 saturated carbocycles. The number of piperidine rings is 1. The molecule has 4 aliphatic carbocycles. The highest BCUT2D eigenvalue weighted by atomic mass is 16.6. The molecule has 1 saturated heterocycles. The molecule has 27 heavy (non-hydrogen) atoms. The van der Waals surface area contributed by atoms with Crippen LogP contribution in [0.25, 0.3) is 0 Å². The summed E-state index contributed by atoms with van der Waals surface area (Å²) in [5, 5.41) is 4.36. The number of carbonyl (C=O) groups is 1. The summed E-state index contributed by atoms with van der Waals surface area (Å²) in [5.41, 5.74) is -0.365. The van der Waals surface area contributed by atoms with Gasteiger partial charge in [0.1, 0.15) is 5.60 Å². The number of ether oxygens (including phenoxy) is 1. The van der Waals surface area contributed by atoms with Crippen molar-refractivity contribution in [3.8, 4) is 0 Å². The van der Waals surface area contributed by atoms with Crippen LogP contribution in [0, 0.1) is 17.8 Å². The van der Waals surface area contributed by atoms with E-state index in [4.69, 9.17) is 14.2 Å². The smallest absolute Gasteiger partial charge is 0.303 e. The van der Waals surface area contributed by atoms with Crippen LogP contribution in [-0.4, -0.2) is 46.7 Å². The van der Waals surface area contributed by atoms with Crippen molar-refractivity contribution < 1.29 is 14.1 Å². The van der Waals surface area contributed by atoms with Crippen LogP contribution in [0.5, 0.6) is 0 Å². The molecule has 0 N–H and O–H groups in total. The maximum atomic E-state index is 11.7. The van der Waals surface area contributed by atoms with E-state index in [1.807, 2.05) is 0 Å². The van der Waals surface area contributed by atoms with Gasteiger partial charge in [0.05, 0.1) is 5.41 Å². The molecule has 4 bridgehead atoms. The Morgan fingerprint density at radius 1 is 1.22 bits per heavy atom. The first kappa shape index (κ1) is 17.7. The number of hydrogen-bond acceptors (Lipinski definition) is 6. The van der Waals surface area contributed by atoms with Gasteiger partial charge in [-0.2, -0.15) is 4.98 Å². The summed E-state index contributed by atoms with van der Waals surface area (Å²) in [7, 11) is 2.19. The topological polar surface area (TPSA) is 68.5 Å². The molecule has 5 aliphatic rings. The lowest BCUT2D eigenvalue weighted by atomic mass is 9.48. The van der Waals surface area contributed by atoms with E-state index in [1.54, 1.807) is 0 Å². The Morgan fingerprint density at radius 2 is 1.93 bits per heavy atom. The van der Waals surface area contributed by atoms with Crippen LogP contribution < -0.4 is 0 Å². The summed E-state index contributed by atoms with van der Waals surface area (Å²) in [4.78, 5) is 19.0. The van der Waals surface area contributed by atoms with Crippen molar-refractivity contribution in [1.82, 2.24) is 15.0 Å². The summed E-state index contributed by atoms with van der Waals surface area (Å²) in [6.45, 7) is 3.86. The van der Waals surface area contributed by atoms with E-state index >= 15 is 0 Å². The van der Waals surface area contributed by atoms with E-state index < -0.39 is 0 Å². The van der Waals surface area contributed by atoms with Gasteiger partial charge in [-0.15, -0.1) is 0 Å². The number of nitrogens with zero attached hydrogens (tertiary/aromatic N) is 3. The summed E-state index contributed by atoms with van der Waals surface area (Å²) in [6.07, 6.45) is 9.74. The fourth-order valence-corrected chi connectivity index (χ4v) is 6.93. The summed E-state index contributed by atoms with van der Waals surface area (Å²) < 4.78 is 11.8. The Labute approximate surface area is 161 Å². The van der Waals surface area contributed by atoms with Crippen molar-refractivity contribution in [2.75, 3.05) is 20.1 Å². The Morgan fingerprint density at radius 3 is 2.59 bits per heavy atom. The van der Waals surface area contributed by atoms with Crippen molar-refractivity contribution in [2.45, 2.75) is 75.7 Å². The highest BCUT2D eigenvalue weighted by Gasteiger charge is 2.62. The van der Waals surface area contributed by atoms with Crippen molar-refractivity contribution in [2.24, 2.45) is 17.8 Å². The maximum absolute atomic E-state index is 11.7. The van der Waals surface area contributed by atoms with E-state index in [9.17, 15) is 4.79 Å². The first-order valence-corrected chi connectivity index (χ1v) is 10.6. The SMILES string of the molecule is CC(=O)OC12C[C@H]3C[C@@H](C1)CC(c1nc(CC4CCN(C)CC4)no1)(C3)C2. The Balaban J connectivity index is 1.35. The monoisotopic (exact) mass is 373 g/mol. The number of carbonyl (C=O) groups excluding carboxylic acids is 1. The average molecular weight is 373 g/mol. The van der Waals surface area contributed by atoms with Crippen molar-refractivity contribution in [1.29, 1.82) is 0 Å². The molecule has 2 heterocycles. The normalized spacial score (nSPS) is 39.0. The number of esters is 1. The molecule has 0 aromatic carbocycles. The minimum absolute atomic E-state index is 0.0719. The minimum atomic E-state index is -0.293. The lowest BCUT2D eigenvalue weighted by Crippen LogP contribution is -2.59. The van der Waals surface area contributed by atoms with Crippen LogP contribution in [0.15, 0.2) is 4.52 Å². The van der Waals surface area contributed by atoms with Crippen LogP contribution in [0.1, 0.15) is 70.0 Å². The third-order valence-electron chi connectivity index (χ3n) is 7.60. The van der Waals surface area contributed by atoms with Crippen LogP contribution in [0.3, 0.4) is 0 Å². The van der Waals surface area contributed by atoms with Crippen molar-refractivity contribution in [3.63, 3.8) is 0 Å². The van der Waals surface area contributed by atoms with Gasteiger partial charge in [-0.3, -0.25) is 4.79 Å². The predicted molar refractivity (Wildman–Crippen MR) is 99.1 cm³/mol. The van der Waals surface area contributed by atoms with Gasteiger partial charge < -0.3 is 14.2 Å². The Hall–Kier alpha value is -1.43. The summed E-state index contributed by atoms with van der Waals surface area (Å²) in [5.74, 6) is 3.44. The number of aromatic nitrogens is 2. The third kappa shape index (κ3) is 3.20. The van der Waals surface area contributed by atoms with Gasteiger partial charge in [-0.25, -0.2) is 0 Å². The van der Waals surface area contributed by atoms with Crippen molar-refractivity contribution >= 4 is 5.97 Å². The molecule has 148 valence electrons. The standard InChI is InChI=1S/C21H31N3O3/c1-14(25)26-21-11-16-7-17(12-21)10-20(9-16,13-21)19-22-18(23-27-19)8-15-3-5-24(2)6-4-15/h15-17H,3-13H2,1-2H3/t16-,17+,20?,21?. The molecule has 0 radical (unpaired) electrons. The molecule has 1 aromatic heterocycles. The molecule has 6 rings (SSSR count). The van der Waals surface area contributed by atoms with E-state index in [0.717, 1.165) is 63.3 Å². The lowest BCUT2D eigenvalue weighted by Gasteiger charge is -2.59. The average Bonchev–Trinajstić information content (AvgIpc) is 3.04. The second-order valence-electron chi connectivity index (χ2n) is 9.98. The van der Waals surface area contributed by atoms with Gasteiger partial charge in [0, 0.05) is 19.8 Å². The van der Waals surface area contributed by atoms with Crippen LogP contribution in [-0.2, 0) is 21.4 Å². The van der Waals surface area contributed by atoms with Gasteiger partial charge >= 0.3 is 5.97 Å². The molecule has 0 spiro atoms. The lowest BCUT2D eigenvalue weighted by molar-refractivity contribution is -0.190. The largest absolute Gasteiger partial charge is 0.459 e. The zero-order valence-electron chi connectivity index (χ0n) is 16.6.